The minimum absolute atomic E-state index is 0.128. The van der Waals surface area contributed by atoms with Crippen LogP contribution in [0.5, 0.6) is 11.5 Å². The van der Waals surface area contributed by atoms with Crippen LogP contribution in [0.2, 0.25) is 0 Å². The molecule has 0 radical (unpaired) electrons. The predicted octanol–water partition coefficient (Wildman–Crippen LogP) is 3.18. The van der Waals surface area contributed by atoms with Crippen LogP contribution in [0.25, 0.3) is 15.9 Å². The summed E-state index contributed by atoms with van der Waals surface area (Å²) in [5.74, 6) is 1.14. The Kier molecular flexibility index (Phi) is 5.41. The molecule has 10 heteroatoms. The average molecular weight is 468 g/mol. The van der Waals surface area contributed by atoms with E-state index >= 15 is 0 Å². The number of fused-ring (bicyclic) bond motifs is 5. The number of methoxy groups -OCH3 is 2. The third kappa shape index (κ3) is 4.00. The van der Waals surface area contributed by atoms with E-state index in [4.69, 9.17) is 14.2 Å². The number of amides is 1. The number of aromatic nitrogens is 4. The largest absolute Gasteiger partial charge is 0.493 e. The van der Waals surface area contributed by atoms with Crippen molar-refractivity contribution in [2.24, 2.45) is 0 Å². The van der Waals surface area contributed by atoms with Crippen LogP contribution in [0.15, 0.2) is 24.5 Å². The number of nitrogens with zero attached hydrogens (tertiary/aromatic N) is 4. The fraction of sp³-hybridized carbons (Fsp3) is 0.391. The van der Waals surface area contributed by atoms with Crippen molar-refractivity contribution in [1.29, 1.82) is 0 Å². The van der Waals surface area contributed by atoms with Gasteiger partial charge >= 0.3 is 0 Å². The summed E-state index contributed by atoms with van der Waals surface area (Å²) in [4.78, 5) is 23.9. The molecule has 9 nitrogen and oxygen atoms in total. The number of rotatable bonds is 6. The third-order valence-corrected chi connectivity index (χ3v) is 6.87. The van der Waals surface area contributed by atoms with Gasteiger partial charge in [-0.15, -0.1) is 16.4 Å². The van der Waals surface area contributed by atoms with Gasteiger partial charge < -0.3 is 19.5 Å². The maximum absolute atomic E-state index is 12.8. The SMILES string of the molecule is COc1ccc(CCNC(=O)c2nc3c4c5c(sc4ncn3n2)COC(C)(C)C5)cc1OC. The smallest absolute Gasteiger partial charge is 0.291 e. The van der Waals surface area contributed by atoms with Crippen LogP contribution in [0.1, 0.15) is 40.5 Å². The van der Waals surface area contributed by atoms with E-state index < -0.39 is 0 Å². The van der Waals surface area contributed by atoms with Gasteiger partial charge in [-0.2, -0.15) is 0 Å². The summed E-state index contributed by atoms with van der Waals surface area (Å²) in [6.07, 6.45) is 3.01. The fourth-order valence-corrected chi connectivity index (χ4v) is 5.14. The lowest BCUT2D eigenvalue weighted by molar-refractivity contribution is -0.0379. The van der Waals surface area contributed by atoms with E-state index in [1.807, 2.05) is 18.2 Å². The topological polar surface area (TPSA) is 99.9 Å². The van der Waals surface area contributed by atoms with Crippen LogP contribution >= 0.6 is 11.3 Å². The Morgan fingerprint density at radius 3 is 2.88 bits per heavy atom. The molecule has 1 aliphatic heterocycles. The molecule has 5 rings (SSSR count). The number of ether oxygens (including phenoxy) is 3. The average Bonchev–Trinajstić information content (AvgIpc) is 3.39. The highest BCUT2D eigenvalue weighted by molar-refractivity contribution is 7.19. The first-order valence-electron chi connectivity index (χ1n) is 10.7. The highest BCUT2D eigenvalue weighted by atomic mass is 32.1. The molecule has 0 fully saturated rings. The van der Waals surface area contributed by atoms with Gasteiger partial charge in [-0.1, -0.05) is 6.07 Å². The number of nitrogens with one attached hydrogen (secondary N) is 1. The summed E-state index contributed by atoms with van der Waals surface area (Å²) in [7, 11) is 3.20. The van der Waals surface area contributed by atoms with Crippen molar-refractivity contribution in [1.82, 2.24) is 24.9 Å². The Balaban J connectivity index is 1.35. The van der Waals surface area contributed by atoms with Crippen LogP contribution in [-0.2, 0) is 24.2 Å². The molecule has 1 aromatic carbocycles. The molecular formula is C23H25N5O4S. The molecule has 3 aromatic heterocycles. The van der Waals surface area contributed by atoms with Crippen LogP contribution in [-0.4, -0.2) is 51.9 Å². The van der Waals surface area contributed by atoms with Crippen molar-refractivity contribution in [3.8, 4) is 11.5 Å². The molecule has 0 aliphatic carbocycles. The lowest BCUT2D eigenvalue weighted by atomic mass is 9.94. The lowest BCUT2D eigenvalue weighted by Gasteiger charge is -2.30. The zero-order valence-electron chi connectivity index (χ0n) is 19.0. The highest BCUT2D eigenvalue weighted by Gasteiger charge is 2.31. The minimum Gasteiger partial charge on any atom is -0.493 e. The zero-order chi connectivity index (χ0) is 23.2. The number of benzene rings is 1. The Hall–Kier alpha value is -3.24. The van der Waals surface area contributed by atoms with Crippen molar-refractivity contribution in [2.75, 3.05) is 20.8 Å². The minimum atomic E-state index is -0.319. The van der Waals surface area contributed by atoms with E-state index in [1.54, 1.807) is 36.4 Å². The first-order valence-corrected chi connectivity index (χ1v) is 11.5. The molecule has 0 saturated heterocycles. The van der Waals surface area contributed by atoms with Gasteiger partial charge in [0, 0.05) is 17.8 Å². The first-order chi connectivity index (χ1) is 15.9. The van der Waals surface area contributed by atoms with Crippen molar-refractivity contribution in [2.45, 2.75) is 38.9 Å². The number of hydrogen-bond acceptors (Lipinski definition) is 8. The van der Waals surface area contributed by atoms with Crippen molar-refractivity contribution >= 4 is 33.1 Å². The molecule has 1 N–H and O–H groups in total. The predicted molar refractivity (Wildman–Crippen MR) is 124 cm³/mol. The molecule has 0 unspecified atom stereocenters. The molecule has 172 valence electrons. The summed E-state index contributed by atoms with van der Waals surface area (Å²) < 4.78 is 18.1. The van der Waals surface area contributed by atoms with Crippen LogP contribution in [0.4, 0.5) is 0 Å². The summed E-state index contributed by atoms with van der Waals surface area (Å²) in [5.41, 5.74) is 2.62. The number of carbonyl (C=O) groups excluding carboxylic acids is 1. The van der Waals surface area contributed by atoms with Gasteiger partial charge in [-0.05, 0) is 43.5 Å². The molecule has 0 atom stereocenters. The van der Waals surface area contributed by atoms with Gasteiger partial charge in [0.25, 0.3) is 5.91 Å². The molecule has 0 bridgehead atoms. The fourth-order valence-electron chi connectivity index (χ4n) is 4.07. The second-order valence-electron chi connectivity index (χ2n) is 8.55. The quantitative estimate of drug-likeness (QED) is 0.465. The van der Waals surface area contributed by atoms with Crippen LogP contribution in [0, 0.1) is 0 Å². The maximum atomic E-state index is 12.8. The van der Waals surface area contributed by atoms with E-state index in [-0.39, 0.29) is 17.3 Å². The Morgan fingerprint density at radius 2 is 2.09 bits per heavy atom. The van der Waals surface area contributed by atoms with E-state index in [9.17, 15) is 4.79 Å². The normalized spacial score (nSPS) is 14.9. The summed E-state index contributed by atoms with van der Waals surface area (Å²) >= 11 is 1.61. The van der Waals surface area contributed by atoms with E-state index in [0.717, 1.165) is 27.1 Å². The van der Waals surface area contributed by atoms with Gasteiger partial charge in [0.1, 0.15) is 11.2 Å². The molecule has 33 heavy (non-hydrogen) atoms. The monoisotopic (exact) mass is 467 g/mol. The standard InChI is InChI=1S/C23H25N5O4S/c1-23(2)10-14-17(11-32-23)33-22-18(14)20-26-19(27-28(20)12-25-22)21(29)24-8-7-13-5-6-15(30-3)16(9-13)31-4/h5-6,9,12H,7-8,10-11H2,1-4H3,(H,24,29). The van der Waals surface area contributed by atoms with Gasteiger partial charge in [0.2, 0.25) is 5.82 Å². The second-order valence-corrected chi connectivity index (χ2v) is 9.64. The van der Waals surface area contributed by atoms with Crippen molar-refractivity contribution in [3.63, 3.8) is 0 Å². The molecule has 4 aromatic rings. The van der Waals surface area contributed by atoms with E-state index in [2.05, 4.69) is 34.2 Å². The Labute approximate surface area is 194 Å². The first kappa shape index (κ1) is 21.6. The van der Waals surface area contributed by atoms with Gasteiger partial charge in [-0.3, -0.25) is 4.79 Å². The Morgan fingerprint density at radius 1 is 1.27 bits per heavy atom. The van der Waals surface area contributed by atoms with Crippen LogP contribution < -0.4 is 14.8 Å². The highest BCUT2D eigenvalue weighted by Crippen LogP contribution is 2.39. The van der Waals surface area contributed by atoms with Gasteiger partial charge in [0.15, 0.2) is 17.1 Å². The molecule has 0 saturated carbocycles. The molecule has 1 aliphatic rings. The second kappa shape index (κ2) is 8.27. The summed E-state index contributed by atoms with van der Waals surface area (Å²) in [6.45, 7) is 5.16. The number of hydrogen-bond donors (Lipinski definition) is 1. The van der Waals surface area contributed by atoms with Crippen LogP contribution in [0.3, 0.4) is 0 Å². The molecule has 0 spiro atoms. The summed E-state index contributed by atoms with van der Waals surface area (Å²) in [6, 6.07) is 5.71. The van der Waals surface area contributed by atoms with Crippen molar-refractivity contribution in [3.05, 3.63) is 46.4 Å². The zero-order valence-corrected chi connectivity index (χ0v) is 19.8. The number of carbonyl (C=O) groups is 1. The number of thiophene rings is 1. The van der Waals surface area contributed by atoms with Crippen molar-refractivity contribution < 1.29 is 19.0 Å². The lowest BCUT2D eigenvalue weighted by Crippen LogP contribution is -2.31. The van der Waals surface area contributed by atoms with E-state index in [1.165, 1.54) is 5.56 Å². The molecule has 4 heterocycles. The van der Waals surface area contributed by atoms with Gasteiger partial charge in [-0.25, -0.2) is 14.5 Å². The van der Waals surface area contributed by atoms with E-state index in [0.29, 0.717) is 36.7 Å². The third-order valence-electron chi connectivity index (χ3n) is 5.76. The van der Waals surface area contributed by atoms with Gasteiger partial charge in [0.05, 0.1) is 31.8 Å². The molecule has 1 amide bonds. The Bertz CT molecular complexity index is 1360. The maximum Gasteiger partial charge on any atom is 0.291 e. The summed E-state index contributed by atoms with van der Waals surface area (Å²) in [5, 5.41) is 8.24. The molecular weight excluding hydrogens is 442 g/mol.